The zero-order valence-electron chi connectivity index (χ0n) is 15.7. The number of carbonyl (C=O) groups excluding carboxylic acids is 1. The van der Waals surface area contributed by atoms with Crippen molar-refractivity contribution in [3.63, 3.8) is 0 Å². The Morgan fingerprint density at radius 2 is 1.81 bits per heavy atom. The van der Waals surface area contributed by atoms with Gasteiger partial charge in [-0.15, -0.1) is 0 Å². The van der Waals surface area contributed by atoms with Gasteiger partial charge in [-0.3, -0.25) is 9.69 Å². The number of hydrogen-bond donors (Lipinski definition) is 0. The number of hydrogen-bond acceptors (Lipinski definition) is 3. The maximum absolute atomic E-state index is 12.6. The van der Waals surface area contributed by atoms with E-state index in [9.17, 15) is 4.79 Å². The zero-order valence-corrected chi connectivity index (χ0v) is 16.5. The molecule has 1 heterocycles. The second kappa shape index (κ2) is 7.92. The molecule has 0 unspecified atom stereocenters. The second-order valence-corrected chi connectivity index (χ2v) is 7.68. The molecule has 1 saturated heterocycles. The molecule has 1 fully saturated rings. The van der Waals surface area contributed by atoms with Crippen molar-refractivity contribution in [3.8, 4) is 0 Å². The highest BCUT2D eigenvalue weighted by molar-refractivity contribution is 8.18. The number of thioether (sulfide) groups is 1. The molecule has 3 rings (SSSR count). The maximum Gasteiger partial charge on any atom is 0.266 e. The van der Waals surface area contributed by atoms with Crippen molar-refractivity contribution in [2.75, 3.05) is 7.05 Å². The molecule has 1 aliphatic rings. The van der Waals surface area contributed by atoms with Crippen molar-refractivity contribution >= 4 is 34.6 Å². The minimum atomic E-state index is -0.00401. The van der Waals surface area contributed by atoms with E-state index in [1.807, 2.05) is 24.3 Å². The molecule has 2 aromatic carbocycles. The molecule has 0 N–H and O–H groups in total. The van der Waals surface area contributed by atoms with Crippen molar-refractivity contribution < 1.29 is 4.79 Å². The number of nitrogens with zero attached hydrogens (tertiary/aromatic N) is 2. The van der Waals surface area contributed by atoms with E-state index < -0.39 is 0 Å². The SMILES string of the molecule is CCc1ccccc1N=C1S/C(=C\c2ccc(C(C)C)cc2)C(=O)N1C. The van der Waals surface area contributed by atoms with Crippen LogP contribution in [-0.2, 0) is 11.2 Å². The number of rotatable bonds is 4. The summed E-state index contributed by atoms with van der Waals surface area (Å²) >= 11 is 1.43. The number of aryl methyl sites for hydroxylation is 1. The Balaban J connectivity index is 1.87. The average Bonchev–Trinajstić information content (AvgIpc) is 2.90. The van der Waals surface area contributed by atoms with Crippen molar-refractivity contribution in [1.29, 1.82) is 0 Å². The minimum absolute atomic E-state index is 0.00401. The summed E-state index contributed by atoms with van der Waals surface area (Å²) in [6.45, 7) is 6.47. The Labute approximate surface area is 159 Å². The van der Waals surface area contributed by atoms with E-state index in [1.165, 1.54) is 22.9 Å². The number of para-hydroxylation sites is 1. The Kier molecular flexibility index (Phi) is 5.62. The summed E-state index contributed by atoms with van der Waals surface area (Å²) in [6, 6.07) is 16.5. The van der Waals surface area contributed by atoms with Gasteiger partial charge in [0, 0.05) is 7.05 Å². The standard InChI is InChI=1S/C22H24N2OS/c1-5-17-8-6-7-9-19(17)23-22-24(4)21(25)20(26-22)14-16-10-12-18(13-11-16)15(2)3/h6-15H,5H2,1-4H3/b20-14-,23-22?. The lowest BCUT2D eigenvalue weighted by atomic mass is 10.0. The Bertz CT molecular complexity index is 866. The van der Waals surface area contributed by atoms with Crippen LogP contribution in [0, 0.1) is 0 Å². The molecule has 0 atom stereocenters. The quantitative estimate of drug-likeness (QED) is 0.661. The van der Waals surface area contributed by atoms with Crippen LogP contribution >= 0.6 is 11.8 Å². The van der Waals surface area contributed by atoms with Crippen LogP contribution in [-0.4, -0.2) is 23.0 Å². The Morgan fingerprint density at radius 3 is 2.46 bits per heavy atom. The molecule has 1 amide bonds. The molecular formula is C22H24N2OS. The summed E-state index contributed by atoms with van der Waals surface area (Å²) in [5.41, 5.74) is 4.45. The number of aliphatic imine (C=N–C) groups is 1. The van der Waals surface area contributed by atoms with Crippen molar-refractivity contribution in [1.82, 2.24) is 4.90 Å². The van der Waals surface area contributed by atoms with E-state index in [-0.39, 0.29) is 5.91 Å². The van der Waals surface area contributed by atoms with Crippen LogP contribution in [0.5, 0.6) is 0 Å². The maximum atomic E-state index is 12.6. The lowest BCUT2D eigenvalue weighted by Crippen LogP contribution is -2.23. The van der Waals surface area contributed by atoms with Crippen molar-refractivity contribution in [2.45, 2.75) is 33.1 Å². The molecule has 0 bridgehead atoms. The van der Waals surface area contributed by atoms with E-state index >= 15 is 0 Å². The van der Waals surface area contributed by atoms with Gasteiger partial charge < -0.3 is 0 Å². The number of carbonyl (C=O) groups is 1. The van der Waals surface area contributed by atoms with Crippen molar-refractivity contribution in [3.05, 3.63) is 70.1 Å². The third kappa shape index (κ3) is 3.91. The Hall–Kier alpha value is -2.33. The van der Waals surface area contributed by atoms with Crippen LogP contribution in [0.4, 0.5) is 5.69 Å². The molecule has 1 aliphatic heterocycles. The molecule has 0 saturated carbocycles. The van der Waals surface area contributed by atoms with Gasteiger partial charge in [-0.2, -0.15) is 0 Å². The molecule has 4 heteroatoms. The smallest absolute Gasteiger partial charge is 0.266 e. The van der Waals surface area contributed by atoms with Gasteiger partial charge in [-0.05, 0) is 52.9 Å². The van der Waals surface area contributed by atoms with Crippen LogP contribution in [0.3, 0.4) is 0 Å². The summed E-state index contributed by atoms with van der Waals surface area (Å²) in [6.07, 6.45) is 2.86. The van der Waals surface area contributed by atoms with Gasteiger partial charge in [0.15, 0.2) is 5.17 Å². The number of benzene rings is 2. The number of amides is 1. The van der Waals surface area contributed by atoms with Gasteiger partial charge in [0.25, 0.3) is 5.91 Å². The fraction of sp³-hybridized carbons (Fsp3) is 0.273. The molecule has 0 aliphatic carbocycles. The first kappa shape index (κ1) is 18.5. The highest BCUT2D eigenvalue weighted by Gasteiger charge is 2.30. The molecule has 0 aromatic heterocycles. The van der Waals surface area contributed by atoms with Crippen LogP contribution in [0.15, 0.2) is 58.4 Å². The minimum Gasteiger partial charge on any atom is -0.290 e. The van der Waals surface area contributed by atoms with E-state index in [1.54, 1.807) is 11.9 Å². The zero-order chi connectivity index (χ0) is 18.7. The Morgan fingerprint density at radius 1 is 1.12 bits per heavy atom. The van der Waals surface area contributed by atoms with Gasteiger partial charge in [0.1, 0.15) is 0 Å². The molecule has 134 valence electrons. The fourth-order valence-electron chi connectivity index (χ4n) is 2.80. The van der Waals surface area contributed by atoms with Gasteiger partial charge in [0.2, 0.25) is 0 Å². The van der Waals surface area contributed by atoms with E-state index in [2.05, 4.69) is 51.1 Å². The lowest BCUT2D eigenvalue weighted by molar-refractivity contribution is -0.121. The first-order chi connectivity index (χ1) is 12.5. The van der Waals surface area contributed by atoms with Gasteiger partial charge in [-0.25, -0.2) is 4.99 Å². The van der Waals surface area contributed by atoms with Crippen LogP contribution in [0.1, 0.15) is 43.4 Å². The lowest BCUT2D eigenvalue weighted by Gasteiger charge is -2.08. The summed E-state index contributed by atoms with van der Waals surface area (Å²) < 4.78 is 0. The fourth-order valence-corrected chi connectivity index (χ4v) is 3.78. The summed E-state index contributed by atoms with van der Waals surface area (Å²) in [7, 11) is 1.78. The molecular weight excluding hydrogens is 340 g/mol. The molecule has 0 radical (unpaired) electrons. The van der Waals surface area contributed by atoms with E-state index in [4.69, 9.17) is 4.99 Å². The van der Waals surface area contributed by atoms with E-state index in [0.717, 1.165) is 22.8 Å². The van der Waals surface area contributed by atoms with E-state index in [0.29, 0.717) is 10.8 Å². The second-order valence-electron chi connectivity index (χ2n) is 6.67. The van der Waals surface area contributed by atoms with Gasteiger partial charge >= 0.3 is 0 Å². The predicted octanol–water partition coefficient (Wildman–Crippen LogP) is 5.61. The monoisotopic (exact) mass is 364 g/mol. The van der Waals surface area contributed by atoms with Gasteiger partial charge in [-0.1, -0.05) is 63.2 Å². The number of likely N-dealkylation sites (N-methyl/N-ethyl adjacent to an activating group) is 1. The molecule has 2 aromatic rings. The average molecular weight is 365 g/mol. The topological polar surface area (TPSA) is 32.7 Å². The normalized spacial score (nSPS) is 17.7. The summed E-state index contributed by atoms with van der Waals surface area (Å²) in [5.74, 6) is 0.498. The highest BCUT2D eigenvalue weighted by Crippen LogP contribution is 2.34. The van der Waals surface area contributed by atoms with Crippen LogP contribution in [0.2, 0.25) is 0 Å². The largest absolute Gasteiger partial charge is 0.290 e. The highest BCUT2D eigenvalue weighted by atomic mass is 32.2. The third-order valence-electron chi connectivity index (χ3n) is 4.49. The van der Waals surface area contributed by atoms with Crippen LogP contribution in [0.25, 0.3) is 6.08 Å². The van der Waals surface area contributed by atoms with Gasteiger partial charge in [0.05, 0.1) is 10.6 Å². The number of amidine groups is 1. The predicted molar refractivity (Wildman–Crippen MR) is 112 cm³/mol. The van der Waals surface area contributed by atoms with Crippen LogP contribution < -0.4 is 0 Å². The first-order valence-corrected chi connectivity index (χ1v) is 9.75. The molecule has 26 heavy (non-hydrogen) atoms. The summed E-state index contributed by atoms with van der Waals surface area (Å²) in [4.78, 5) is 19.7. The summed E-state index contributed by atoms with van der Waals surface area (Å²) in [5, 5.41) is 0.723. The molecule has 3 nitrogen and oxygen atoms in total. The third-order valence-corrected chi connectivity index (χ3v) is 5.55. The molecule has 0 spiro atoms. The first-order valence-electron chi connectivity index (χ1n) is 8.93. The van der Waals surface area contributed by atoms with Crippen molar-refractivity contribution in [2.24, 2.45) is 4.99 Å².